The molecule has 0 bridgehead atoms. The van der Waals surface area contributed by atoms with Gasteiger partial charge >= 0.3 is 6.03 Å². The number of likely N-dealkylation sites (N-methyl/N-ethyl adjacent to an activating group) is 1. The number of rotatable bonds is 8. The van der Waals surface area contributed by atoms with Gasteiger partial charge < -0.3 is 10.2 Å². The van der Waals surface area contributed by atoms with Gasteiger partial charge in [-0.05, 0) is 62.3 Å². The molecule has 1 saturated carbocycles. The first kappa shape index (κ1) is 23.3. The highest BCUT2D eigenvalue weighted by Crippen LogP contribution is 2.39. The molecule has 4 rings (SSSR count). The molecule has 8 heteroatoms. The van der Waals surface area contributed by atoms with Crippen LogP contribution in [0.2, 0.25) is 0 Å². The van der Waals surface area contributed by atoms with E-state index in [1.165, 1.54) is 18.9 Å². The van der Waals surface area contributed by atoms with E-state index in [0.29, 0.717) is 18.3 Å². The minimum absolute atomic E-state index is 0.162. The third-order valence-corrected chi connectivity index (χ3v) is 5.61. The monoisotopic (exact) mass is 458 g/mol. The summed E-state index contributed by atoms with van der Waals surface area (Å²) < 4.78 is 0. The van der Waals surface area contributed by atoms with Crippen LogP contribution in [0.15, 0.2) is 66.7 Å². The van der Waals surface area contributed by atoms with Gasteiger partial charge in [0.1, 0.15) is 0 Å². The minimum Gasteiger partial charge on any atom is -0.323 e. The quantitative estimate of drug-likeness (QED) is 0.427. The van der Waals surface area contributed by atoms with Crippen molar-refractivity contribution in [2.75, 3.05) is 43.2 Å². The zero-order valence-corrected chi connectivity index (χ0v) is 19.7. The van der Waals surface area contributed by atoms with Crippen molar-refractivity contribution in [2.45, 2.75) is 18.8 Å². The molecule has 0 aliphatic heterocycles. The van der Waals surface area contributed by atoms with Crippen LogP contribution in [-0.2, 0) is 4.79 Å². The highest BCUT2D eigenvalue weighted by Gasteiger charge is 2.26. The van der Waals surface area contributed by atoms with Crippen LogP contribution in [-0.4, -0.2) is 54.7 Å². The van der Waals surface area contributed by atoms with E-state index in [0.717, 1.165) is 28.2 Å². The number of aromatic nitrogens is 2. The number of nitrogens with one attached hydrogen (secondary N) is 3. The number of amides is 3. The number of hydrogen-bond acceptors (Lipinski definition) is 4. The highest BCUT2D eigenvalue weighted by molar-refractivity contribution is 6.01. The maximum atomic E-state index is 12.7. The van der Waals surface area contributed by atoms with Crippen molar-refractivity contribution in [1.82, 2.24) is 15.1 Å². The number of nitrogens with zero attached hydrogens (tertiary/aromatic N) is 3. The fraction of sp³-hybridized carbons (Fsp3) is 0.269. The molecule has 2 aromatic carbocycles. The molecule has 0 unspecified atom stereocenters. The molecule has 8 nitrogen and oxygen atoms in total. The van der Waals surface area contributed by atoms with E-state index in [9.17, 15) is 9.59 Å². The van der Waals surface area contributed by atoms with Gasteiger partial charge in [-0.1, -0.05) is 30.3 Å². The number of H-pyrrole nitrogens is 1. The van der Waals surface area contributed by atoms with Crippen LogP contribution in [0, 0.1) is 0 Å². The van der Waals surface area contributed by atoms with E-state index < -0.39 is 0 Å². The molecule has 1 aromatic heterocycles. The van der Waals surface area contributed by atoms with Crippen molar-refractivity contribution < 1.29 is 9.59 Å². The zero-order chi connectivity index (χ0) is 24.1. The van der Waals surface area contributed by atoms with Crippen LogP contribution >= 0.6 is 0 Å². The molecular formula is C26H30N6O2. The standard InChI is InChI=1S/C26H30N6O2/c1-31(2)15-5-8-25(33)27-21-13-11-18(12-14-21)20-6-4-7-22(16-20)32(3)26(34)28-24-17-23(29-30-24)19-9-10-19/h4-8,11-14,16-17,19H,9-10,15H2,1-3H3,(H,27,33)(H2,28,29,30,34)/b8-5+. The van der Waals surface area contributed by atoms with E-state index in [1.807, 2.05) is 79.7 Å². The lowest BCUT2D eigenvalue weighted by Crippen LogP contribution is -2.31. The van der Waals surface area contributed by atoms with Crippen molar-refractivity contribution in [3.8, 4) is 11.1 Å². The largest absolute Gasteiger partial charge is 0.327 e. The normalized spacial score (nSPS) is 13.3. The van der Waals surface area contributed by atoms with E-state index in [-0.39, 0.29) is 11.9 Å². The van der Waals surface area contributed by atoms with E-state index in [4.69, 9.17) is 0 Å². The van der Waals surface area contributed by atoms with Crippen molar-refractivity contribution in [1.29, 1.82) is 0 Å². The van der Waals surface area contributed by atoms with Gasteiger partial charge in [-0.2, -0.15) is 5.10 Å². The fourth-order valence-corrected chi connectivity index (χ4v) is 3.51. The number of carbonyl (C=O) groups excluding carboxylic acids is 2. The maximum Gasteiger partial charge on any atom is 0.327 e. The second-order valence-corrected chi connectivity index (χ2v) is 8.75. The average Bonchev–Trinajstić information content (AvgIpc) is 3.57. The number of anilines is 3. The first-order valence-corrected chi connectivity index (χ1v) is 11.3. The molecule has 1 aliphatic carbocycles. The summed E-state index contributed by atoms with van der Waals surface area (Å²) in [5.41, 5.74) is 4.51. The smallest absolute Gasteiger partial charge is 0.323 e. The van der Waals surface area contributed by atoms with Crippen LogP contribution in [0.25, 0.3) is 11.1 Å². The maximum absolute atomic E-state index is 12.7. The lowest BCUT2D eigenvalue weighted by molar-refractivity contribution is -0.111. The minimum atomic E-state index is -0.258. The summed E-state index contributed by atoms with van der Waals surface area (Å²) in [5, 5.41) is 12.9. The Morgan fingerprint density at radius 1 is 1.03 bits per heavy atom. The van der Waals surface area contributed by atoms with E-state index >= 15 is 0 Å². The summed E-state index contributed by atoms with van der Waals surface area (Å²) in [6, 6.07) is 17.0. The van der Waals surface area contributed by atoms with Gasteiger partial charge in [0.15, 0.2) is 5.82 Å². The SMILES string of the molecule is CN(C)C/C=C/C(=O)Nc1ccc(-c2cccc(N(C)C(=O)Nc3cc(C4CC4)[nH]n3)c2)cc1. The number of carbonyl (C=O) groups is 2. The molecule has 0 radical (unpaired) electrons. The average molecular weight is 459 g/mol. The summed E-state index contributed by atoms with van der Waals surface area (Å²) in [6.07, 6.45) is 5.70. The van der Waals surface area contributed by atoms with Crippen LogP contribution in [0.1, 0.15) is 24.5 Å². The molecule has 1 heterocycles. The van der Waals surface area contributed by atoms with Crippen molar-refractivity contribution in [2.24, 2.45) is 0 Å². The van der Waals surface area contributed by atoms with Gasteiger partial charge in [-0.15, -0.1) is 0 Å². The molecule has 0 saturated heterocycles. The lowest BCUT2D eigenvalue weighted by atomic mass is 10.0. The summed E-state index contributed by atoms with van der Waals surface area (Å²) in [7, 11) is 5.62. The first-order chi connectivity index (χ1) is 16.4. The molecule has 176 valence electrons. The Balaban J connectivity index is 1.38. The number of urea groups is 1. The Hall–Kier alpha value is -3.91. The summed E-state index contributed by atoms with van der Waals surface area (Å²) in [6.45, 7) is 0.707. The van der Waals surface area contributed by atoms with Gasteiger partial charge in [-0.25, -0.2) is 4.79 Å². The van der Waals surface area contributed by atoms with Gasteiger partial charge in [0.2, 0.25) is 5.91 Å². The fourth-order valence-electron chi connectivity index (χ4n) is 3.51. The molecule has 1 fully saturated rings. The number of aromatic amines is 1. The topological polar surface area (TPSA) is 93.4 Å². The van der Waals surface area contributed by atoms with Crippen LogP contribution < -0.4 is 15.5 Å². The first-order valence-electron chi connectivity index (χ1n) is 11.3. The number of benzene rings is 2. The summed E-state index contributed by atoms with van der Waals surface area (Å²) in [4.78, 5) is 28.3. The van der Waals surface area contributed by atoms with E-state index in [2.05, 4.69) is 20.8 Å². The van der Waals surface area contributed by atoms with Gasteiger partial charge in [0.25, 0.3) is 0 Å². The predicted octanol–water partition coefficient (Wildman–Crippen LogP) is 4.68. The summed E-state index contributed by atoms with van der Waals surface area (Å²) in [5.74, 6) is 0.918. The van der Waals surface area contributed by atoms with Gasteiger partial charge in [0, 0.05) is 48.7 Å². The molecular weight excluding hydrogens is 428 g/mol. The Morgan fingerprint density at radius 2 is 1.79 bits per heavy atom. The second-order valence-electron chi connectivity index (χ2n) is 8.75. The van der Waals surface area contributed by atoms with Crippen molar-refractivity contribution in [3.05, 3.63) is 72.4 Å². The Morgan fingerprint density at radius 3 is 2.50 bits per heavy atom. The molecule has 0 atom stereocenters. The molecule has 3 N–H and O–H groups in total. The van der Waals surface area contributed by atoms with Crippen LogP contribution in [0.5, 0.6) is 0 Å². The predicted molar refractivity (Wildman–Crippen MR) is 136 cm³/mol. The lowest BCUT2D eigenvalue weighted by Gasteiger charge is -2.18. The van der Waals surface area contributed by atoms with Gasteiger partial charge in [0.05, 0.1) is 0 Å². The van der Waals surface area contributed by atoms with Crippen LogP contribution in [0.3, 0.4) is 0 Å². The Labute approximate surface area is 199 Å². The third kappa shape index (κ3) is 6.11. The molecule has 0 spiro atoms. The zero-order valence-electron chi connectivity index (χ0n) is 19.7. The molecule has 34 heavy (non-hydrogen) atoms. The molecule has 3 amide bonds. The van der Waals surface area contributed by atoms with E-state index in [1.54, 1.807) is 11.9 Å². The Kier molecular flexibility index (Phi) is 7.08. The van der Waals surface area contributed by atoms with Crippen molar-refractivity contribution in [3.63, 3.8) is 0 Å². The number of hydrogen-bond donors (Lipinski definition) is 3. The molecule has 3 aromatic rings. The molecule has 1 aliphatic rings. The summed E-state index contributed by atoms with van der Waals surface area (Å²) >= 11 is 0. The third-order valence-electron chi connectivity index (χ3n) is 5.61. The van der Waals surface area contributed by atoms with Gasteiger partial charge in [-0.3, -0.25) is 20.1 Å². The Bertz CT molecular complexity index is 1180. The van der Waals surface area contributed by atoms with Crippen LogP contribution in [0.4, 0.5) is 22.0 Å². The second kappa shape index (κ2) is 10.4. The van der Waals surface area contributed by atoms with Crippen molar-refractivity contribution >= 4 is 29.1 Å². The highest BCUT2D eigenvalue weighted by atomic mass is 16.2.